The third kappa shape index (κ3) is 4.72. The summed E-state index contributed by atoms with van der Waals surface area (Å²) in [5, 5.41) is 0.402. The van der Waals surface area contributed by atoms with E-state index in [0.717, 1.165) is 0 Å². The van der Waals surface area contributed by atoms with Gasteiger partial charge in [-0.25, -0.2) is 8.42 Å². The van der Waals surface area contributed by atoms with E-state index in [1.54, 1.807) is 18.2 Å². The number of rotatable bonds is 6. The molecule has 0 atom stereocenters. The SMILES string of the molecule is O=S(=O)(CCS(=O)(=O)c1ccc(Cl)cc1)Oc1ccccc1. The predicted octanol–water partition coefficient (Wildman–Crippen LogP) is 2.52. The molecule has 0 unspecified atom stereocenters. The smallest absolute Gasteiger partial charge is 0.310 e. The summed E-state index contributed by atoms with van der Waals surface area (Å²) >= 11 is 5.69. The fourth-order valence-electron chi connectivity index (χ4n) is 1.64. The Kier molecular flexibility index (Phi) is 5.10. The second kappa shape index (κ2) is 6.68. The molecular weight excluding hydrogens is 348 g/mol. The summed E-state index contributed by atoms with van der Waals surface area (Å²) in [6, 6.07) is 13.4. The van der Waals surface area contributed by atoms with Crippen LogP contribution in [0.4, 0.5) is 0 Å². The quantitative estimate of drug-likeness (QED) is 0.740. The minimum absolute atomic E-state index is 0.0202. The van der Waals surface area contributed by atoms with E-state index in [2.05, 4.69) is 0 Å². The lowest BCUT2D eigenvalue weighted by Crippen LogP contribution is -2.21. The van der Waals surface area contributed by atoms with Crippen LogP contribution in [-0.4, -0.2) is 28.3 Å². The molecule has 5 nitrogen and oxygen atoms in total. The van der Waals surface area contributed by atoms with E-state index >= 15 is 0 Å². The summed E-state index contributed by atoms with van der Waals surface area (Å²) in [5.41, 5.74) is 0. The maximum atomic E-state index is 12.1. The van der Waals surface area contributed by atoms with Gasteiger partial charge in [0.25, 0.3) is 0 Å². The second-order valence-electron chi connectivity index (χ2n) is 4.43. The average Bonchev–Trinajstić information content (AvgIpc) is 2.47. The van der Waals surface area contributed by atoms with E-state index in [4.69, 9.17) is 15.8 Å². The molecule has 0 saturated heterocycles. The fraction of sp³-hybridized carbons (Fsp3) is 0.143. The molecule has 0 amide bonds. The van der Waals surface area contributed by atoms with Gasteiger partial charge in [0.1, 0.15) is 11.5 Å². The van der Waals surface area contributed by atoms with E-state index in [1.165, 1.54) is 36.4 Å². The number of halogens is 1. The molecule has 0 spiro atoms. The van der Waals surface area contributed by atoms with Gasteiger partial charge >= 0.3 is 10.1 Å². The molecule has 0 bridgehead atoms. The van der Waals surface area contributed by atoms with Crippen molar-refractivity contribution >= 4 is 31.6 Å². The molecule has 0 aliphatic rings. The van der Waals surface area contributed by atoms with E-state index in [-0.39, 0.29) is 10.6 Å². The molecule has 2 rings (SSSR count). The Hall–Kier alpha value is -1.57. The number of benzene rings is 2. The number of para-hydroxylation sites is 1. The summed E-state index contributed by atoms with van der Waals surface area (Å²) in [5.74, 6) is -1.05. The van der Waals surface area contributed by atoms with E-state index in [0.29, 0.717) is 5.02 Å². The maximum Gasteiger partial charge on any atom is 0.310 e. The first-order valence-electron chi connectivity index (χ1n) is 6.24. The molecule has 0 aliphatic carbocycles. The van der Waals surface area contributed by atoms with Crippen LogP contribution in [0, 0.1) is 0 Å². The van der Waals surface area contributed by atoms with Crippen molar-refractivity contribution in [3.8, 4) is 5.75 Å². The van der Waals surface area contributed by atoms with Crippen LogP contribution in [-0.2, 0) is 20.0 Å². The van der Waals surface area contributed by atoms with Crippen molar-refractivity contribution in [1.29, 1.82) is 0 Å². The third-order valence-corrected chi connectivity index (χ3v) is 6.13. The lowest BCUT2D eigenvalue weighted by molar-refractivity contribution is 0.487. The van der Waals surface area contributed by atoms with Gasteiger partial charge in [-0.3, -0.25) is 0 Å². The first-order chi connectivity index (χ1) is 10.3. The lowest BCUT2D eigenvalue weighted by atomic mass is 10.3. The molecule has 8 heteroatoms. The van der Waals surface area contributed by atoms with Crippen LogP contribution in [0.5, 0.6) is 5.75 Å². The van der Waals surface area contributed by atoms with Crippen LogP contribution in [0.15, 0.2) is 59.5 Å². The van der Waals surface area contributed by atoms with Gasteiger partial charge in [0.05, 0.1) is 10.6 Å². The van der Waals surface area contributed by atoms with Crippen molar-refractivity contribution < 1.29 is 21.0 Å². The van der Waals surface area contributed by atoms with Crippen LogP contribution >= 0.6 is 11.6 Å². The highest BCUT2D eigenvalue weighted by atomic mass is 35.5. The van der Waals surface area contributed by atoms with Crippen molar-refractivity contribution in [2.75, 3.05) is 11.5 Å². The monoisotopic (exact) mass is 360 g/mol. The van der Waals surface area contributed by atoms with Crippen molar-refractivity contribution in [3.63, 3.8) is 0 Å². The highest BCUT2D eigenvalue weighted by Gasteiger charge is 2.21. The van der Waals surface area contributed by atoms with Gasteiger partial charge in [0, 0.05) is 5.02 Å². The molecule has 0 N–H and O–H groups in total. The van der Waals surface area contributed by atoms with Gasteiger partial charge in [0.2, 0.25) is 0 Å². The lowest BCUT2D eigenvalue weighted by Gasteiger charge is -2.07. The molecule has 2 aromatic rings. The summed E-state index contributed by atoms with van der Waals surface area (Å²) in [6.45, 7) is 0. The standard InChI is InChI=1S/C14H13ClO5S2/c15-12-6-8-14(9-7-12)21(16,17)10-11-22(18,19)20-13-4-2-1-3-5-13/h1-9H,10-11H2. The minimum atomic E-state index is -3.99. The van der Waals surface area contributed by atoms with Crippen LogP contribution in [0.2, 0.25) is 5.02 Å². The van der Waals surface area contributed by atoms with Gasteiger partial charge in [-0.1, -0.05) is 29.8 Å². The molecular formula is C14H13ClO5S2. The van der Waals surface area contributed by atoms with E-state index in [1.807, 2.05) is 0 Å². The highest BCUT2D eigenvalue weighted by molar-refractivity contribution is 7.93. The Balaban J connectivity index is 2.06. The zero-order valence-electron chi connectivity index (χ0n) is 11.3. The van der Waals surface area contributed by atoms with Gasteiger partial charge in [-0.05, 0) is 36.4 Å². The molecule has 0 heterocycles. The molecule has 0 aromatic heterocycles. The zero-order valence-corrected chi connectivity index (χ0v) is 13.7. The summed E-state index contributed by atoms with van der Waals surface area (Å²) < 4.78 is 52.6. The summed E-state index contributed by atoms with van der Waals surface area (Å²) in [4.78, 5) is 0.0202. The number of sulfone groups is 1. The molecule has 0 radical (unpaired) electrons. The van der Waals surface area contributed by atoms with Gasteiger partial charge in [-0.2, -0.15) is 8.42 Å². The number of hydrogen-bond donors (Lipinski definition) is 0. The van der Waals surface area contributed by atoms with Crippen molar-refractivity contribution in [1.82, 2.24) is 0 Å². The summed E-state index contributed by atoms with van der Waals surface area (Å²) in [6.07, 6.45) is 0. The van der Waals surface area contributed by atoms with Crippen LogP contribution < -0.4 is 4.18 Å². The van der Waals surface area contributed by atoms with Crippen LogP contribution in [0.25, 0.3) is 0 Å². The summed E-state index contributed by atoms with van der Waals surface area (Å²) in [7, 11) is -7.71. The van der Waals surface area contributed by atoms with E-state index in [9.17, 15) is 16.8 Å². The van der Waals surface area contributed by atoms with Gasteiger partial charge in [-0.15, -0.1) is 0 Å². The molecule has 0 saturated carbocycles. The largest absolute Gasteiger partial charge is 0.382 e. The zero-order chi connectivity index (χ0) is 16.2. The second-order valence-corrected chi connectivity index (χ2v) is 8.67. The average molecular weight is 361 g/mol. The highest BCUT2D eigenvalue weighted by Crippen LogP contribution is 2.17. The van der Waals surface area contributed by atoms with Crippen molar-refractivity contribution in [2.45, 2.75) is 4.90 Å². The molecule has 0 fully saturated rings. The number of hydrogen-bond acceptors (Lipinski definition) is 5. The van der Waals surface area contributed by atoms with Gasteiger partial charge < -0.3 is 4.18 Å². The fourth-order valence-corrected chi connectivity index (χ4v) is 4.73. The van der Waals surface area contributed by atoms with Gasteiger partial charge in [0.15, 0.2) is 9.84 Å². The molecule has 118 valence electrons. The maximum absolute atomic E-state index is 12.1. The Morgan fingerprint density at radius 3 is 2.00 bits per heavy atom. The van der Waals surface area contributed by atoms with E-state index < -0.39 is 31.5 Å². The normalized spacial score (nSPS) is 12.0. The Morgan fingerprint density at radius 1 is 0.818 bits per heavy atom. The van der Waals surface area contributed by atoms with Crippen molar-refractivity contribution in [3.05, 3.63) is 59.6 Å². The first kappa shape index (κ1) is 16.8. The Morgan fingerprint density at radius 2 is 1.41 bits per heavy atom. The minimum Gasteiger partial charge on any atom is -0.382 e. The molecule has 2 aromatic carbocycles. The molecule has 0 aliphatic heterocycles. The Bertz CT molecular complexity index is 829. The van der Waals surface area contributed by atoms with Crippen LogP contribution in [0.1, 0.15) is 0 Å². The first-order valence-corrected chi connectivity index (χ1v) is 9.85. The Labute approximate surface area is 134 Å². The predicted molar refractivity (Wildman–Crippen MR) is 84.4 cm³/mol. The van der Waals surface area contributed by atoms with Crippen molar-refractivity contribution in [2.24, 2.45) is 0 Å². The molecule has 22 heavy (non-hydrogen) atoms. The van der Waals surface area contributed by atoms with Crippen LogP contribution in [0.3, 0.4) is 0 Å². The topological polar surface area (TPSA) is 77.5 Å². The third-order valence-electron chi connectivity index (χ3n) is 2.74.